The molecule has 8 heteroatoms. The van der Waals surface area contributed by atoms with Crippen LogP contribution in [0.1, 0.15) is 23.2 Å². The average Bonchev–Trinajstić information content (AvgIpc) is 3.04. The molecule has 1 fully saturated rings. The van der Waals surface area contributed by atoms with Gasteiger partial charge >= 0.3 is 0 Å². The van der Waals surface area contributed by atoms with Gasteiger partial charge in [0.2, 0.25) is 10.0 Å². The average molecular weight is 359 g/mol. The molecule has 2 rings (SSSR count). The van der Waals surface area contributed by atoms with Crippen LogP contribution in [0.25, 0.3) is 0 Å². The summed E-state index contributed by atoms with van der Waals surface area (Å²) in [6, 6.07) is 4.13. The van der Waals surface area contributed by atoms with Gasteiger partial charge in [-0.2, -0.15) is 0 Å². The van der Waals surface area contributed by atoms with E-state index >= 15 is 0 Å². The van der Waals surface area contributed by atoms with E-state index in [1.807, 2.05) is 0 Å². The SMILES string of the molecule is C=CCNC(=O)c1ccc(Cl)c(S(=O)(=O)NC[C@H]2CCCO2)c1. The number of amides is 1. The van der Waals surface area contributed by atoms with E-state index < -0.39 is 15.9 Å². The van der Waals surface area contributed by atoms with E-state index in [-0.39, 0.29) is 28.1 Å². The molecule has 0 bridgehead atoms. The van der Waals surface area contributed by atoms with Crippen molar-refractivity contribution in [1.29, 1.82) is 0 Å². The number of sulfonamides is 1. The highest BCUT2D eigenvalue weighted by atomic mass is 35.5. The van der Waals surface area contributed by atoms with Gasteiger partial charge in [-0.3, -0.25) is 4.79 Å². The Morgan fingerprint density at radius 3 is 2.91 bits per heavy atom. The van der Waals surface area contributed by atoms with Crippen LogP contribution < -0.4 is 10.0 Å². The fraction of sp³-hybridized carbons (Fsp3) is 0.400. The molecule has 0 unspecified atom stereocenters. The number of carbonyl (C=O) groups is 1. The third-order valence-corrected chi connectivity index (χ3v) is 5.32. The number of ether oxygens (including phenoxy) is 1. The second kappa shape index (κ2) is 7.92. The molecular formula is C15H19ClN2O4S. The quantitative estimate of drug-likeness (QED) is 0.727. The summed E-state index contributed by atoms with van der Waals surface area (Å²) in [6.45, 7) is 4.63. The van der Waals surface area contributed by atoms with E-state index in [0.29, 0.717) is 13.2 Å². The first kappa shape index (κ1) is 17.9. The van der Waals surface area contributed by atoms with E-state index in [0.717, 1.165) is 12.8 Å². The van der Waals surface area contributed by atoms with Crippen LogP contribution in [-0.4, -0.2) is 40.1 Å². The third-order valence-electron chi connectivity index (χ3n) is 3.41. The van der Waals surface area contributed by atoms with Gasteiger partial charge in [0, 0.05) is 25.3 Å². The molecule has 23 heavy (non-hydrogen) atoms. The fourth-order valence-electron chi connectivity index (χ4n) is 2.20. The second-order valence-corrected chi connectivity index (χ2v) is 7.27. The van der Waals surface area contributed by atoms with Crippen LogP contribution in [0, 0.1) is 0 Å². The Hall–Kier alpha value is -1.41. The molecule has 0 aromatic heterocycles. The van der Waals surface area contributed by atoms with Crippen molar-refractivity contribution in [2.75, 3.05) is 19.7 Å². The molecule has 1 aliphatic heterocycles. The first-order chi connectivity index (χ1) is 10.9. The third kappa shape index (κ3) is 4.78. The molecule has 1 aromatic rings. The van der Waals surface area contributed by atoms with Gasteiger partial charge in [-0.25, -0.2) is 13.1 Å². The zero-order valence-corrected chi connectivity index (χ0v) is 14.1. The minimum Gasteiger partial charge on any atom is -0.377 e. The molecule has 0 spiro atoms. The largest absolute Gasteiger partial charge is 0.377 e. The molecule has 0 aliphatic carbocycles. The molecule has 126 valence electrons. The van der Waals surface area contributed by atoms with Crippen molar-refractivity contribution in [3.63, 3.8) is 0 Å². The zero-order valence-electron chi connectivity index (χ0n) is 12.5. The summed E-state index contributed by atoms with van der Waals surface area (Å²) in [6.07, 6.45) is 3.16. The first-order valence-corrected chi connectivity index (χ1v) is 9.10. The van der Waals surface area contributed by atoms with Crippen molar-refractivity contribution in [3.8, 4) is 0 Å². The van der Waals surface area contributed by atoms with Crippen LogP contribution in [0.5, 0.6) is 0 Å². The molecule has 6 nitrogen and oxygen atoms in total. The predicted octanol–water partition coefficient (Wildman–Crippen LogP) is 1.71. The summed E-state index contributed by atoms with van der Waals surface area (Å²) in [5.74, 6) is -0.392. The van der Waals surface area contributed by atoms with Gasteiger partial charge in [-0.1, -0.05) is 17.7 Å². The minimum atomic E-state index is -3.82. The van der Waals surface area contributed by atoms with Crippen molar-refractivity contribution in [2.24, 2.45) is 0 Å². The van der Waals surface area contributed by atoms with E-state index in [9.17, 15) is 13.2 Å². The molecule has 1 aromatic carbocycles. The van der Waals surface area contributed by atoms with E-state index in [1.165, 1.54) is 24.3 Å². The molecule has 1 saturated heterocycles. The Balaban J connectivity index is 2.15. The molecule has 1 atom stereocenters. The van der Waals surface area contributed by atoms with Crippen LogP contribution in [0.15, 0.2) is 35.7 Å². The number of halogens is 1. The highest BCUT2D eigenvalue weighted by molar-refractivity contribution is 7.89. The molecule has 0 radical (unpaired) electrons. The minimum absolute atomic E-state index is 0.0603. The standard InChI is InChI=1S/C15H19ClN2O4S/c1-2-7-17-15(19)11-5-6-13(16)14(9-11)23(20,21)18-10-12-4-3-8-22-12/h2,5-6,9,12,18H,1,3-4,7-8,10H2,(H,17,19)/t12-/m1/s1. The predicted molar refractivity (Wildman–Crippen MR) is 88.1 cm³/mol. The van der Waals surface area contributed by atoms with Gasteiger partial charge < -0.3 is 10.1 Å². The first-order valence-electron chi connectivity index (χ1n) is 7.24. The van der Waals surface area contributed by atoms with Gasteiger partial charge in [-0.05, 0) is 31.0 Å². The molecule has 1 amide bonds. The lowest BCUT2D eigenvalue weighted by atomic mass is 10.2. The number of nitrogens with one attached hydrogen (secondary N) is 2. The van der Waals surface area contributed by atoms with Crippen molar-refractivity contribution in [1.82, 2.24) is 10.0 Å². The van der Waals surface area contributed by atoms with Crippen LogP contribution in [0.2, 0.25) is 5.02 Å². The van der Waals surface area contributed by atoms with Gasteiger partial charge in [-0.15, -0.1) is 6.58 Å². The molecule has 0 saturated carbocycles. The molecule has 1 aliphatic rings. The number of benzene rings is 1. The number of hydrogen-bond donors (Lipinski definition) is 2. The van der Waals surface area contributed by atoms with Gasteiger partial charge in [0.05, 0.1) is 11.1 Å². The Morgan fingerprint density at radius 2 is 2.26 bits per heavy atom. The monoisotopic (exact) mass is 358 g/mol. The maximum atomic E-state index is 12.4. The molecular weight excluding hydrogens is 340 g/mol. The Labute approximate surface area is 140 Å². The number of hydrogen-bond acceptors (Lipinski definition) is 4. The maximum Gasteiger partial charge on any atom is 0.251 e. The highest BCUT2D eigenvalue weighted by Gasteiger charge is 2.23. The van der Waals surface area contributed by atoms with Crippen molar-refractivity contribution in [2.45, 2.75) is 23.8 Å². The lowest BCUT2D eigenvalue weighted by Crippen LogP contribution is -2.32. The van der Waals surface area contributed by atoms with Crippen molar-refractivity contribution in [3.05, 3.63) is 41.4 Å². The summed E-state index contributed by atoms with van der Waals surface area (Å²) in [4.78, 5) is 11.8. The zero-order chi connectivity index (χ0) is 16.9. The summed E-state index contributed by atoms with van der Waals surface area (Å²) in [5, 5.41) is 2.65. The summed E-state index contributed by atoms with van der Waals surface area (Å²) in [7, 11) is -3.82. The van der Waals surface area contributed by atoms with E-state index in [1.54, 1.807) is 0 Å². The number of carbonyl (C=O) groups excluding carboxylic acids is 1. The molecule has 2 N–H and O–H groups in total. The van der Waals surface area contributed by atoms with Gasteiger partial charge in [0.1, 0.15) is 4.90 Å². The lowest BCUT2D eigenvalue weighted by Gasteiger charge is -2.13. The summed E-state index contributed by atoms with van der Waals surface area (Å²) in [5.41, 5.74) is 0.216. The van der Waals surface area contributed by atoms with Crippen LogP contribution in [0.4, 0.5) is 0 Å². The highest BCUT2D eigenvalue weighted by Crippen LogP contribution is 2.23. The van der Waals surface area contributed by atoms with Crippen LogP contribution >= 0.6 is 11.6 Å². The van der Waals surface area contributed by atoms with Gasteiger partial charge in [0.25, 0.3) is 5.91 Å². The van der Waals surface area contributed by atoms with Crippen LogP contribution in [0.3, 0.4) is 0 Å². The Bertz CT molecular complexity index is 685. The van der Waals surface area contributed by atoms with E-state index in [4.69, 9.17) is 16.3 Å². The number of rotatable bonds is 7. The summed E-state index contributed by atoms with van der Waals surface area (Å²) >= 11 is 5.99. The Kier molecular flexibility index (Phi) is 6.17. The fourth-order valence-corrected chi connectivity index (χ4v) is 3.79. The smallest absolute Gasteiger partial charge is 0.251 e. The van der Waals surface area contributed by atoms with Gasteiger partial charge in [0.15, 0.2) is 0 Å². The normalized spacial score (nSPS) is 17.9. The van der Waals surface area contributed by atoms with Crippen molar-refractivity contribution >= 4 is 27.5 Å². The second-order valence-electron chi connectivity index (χ2n) is 5.13. The lowest BCUT2D eigenvalue weighted by molar-refractivity contribution is 0.0957. The van der Waals surface area contributed by atoms with Crippen LogP contribution in [-0.2, 0) is 14.8 Å². The maximum absolute atomic E-state index is 12.4. The Morgan fingerprint density at radius 1 is 1.48 bits per heavy atom. The molecule has 1 heterocycles. The van der Waals surface area contributed by atoms with E-state index in [2.05, 4.69) is 16.6 Å². The topological polar surface area (TPSA) is 84.5 Å². The van der Waals surface area contributed by atoms with Crippen molar-refractivity contribution < 1.29 is 17.9 Å². The summed E-state index contributed by atoms with van der Waals surface area (Å²) < 4.78 is 32.7.